The molecule has 0 rings (SSSR count). The van der Waals surface area contributed by atoms with Crippen molar-refractivity contribution in [3.63, 3.8) is 0 Å². The Labute approximate surface area is 281 Å². The monoisotopic (exact) mass is 653 g/mol. The summed E-state index contributed by atoms with van der Waals surface area (Å²) in [6, 6.07) is 0. The molecule has 0 aromatic rings. The number of carbonyl (C=O) groups is 4. The minimum atomic E-state index is -0.780. The summed E-state index contributed by atoms with van der Waals surface area (Å²) >= 11 is 0. The Morgan fingerprint density at radius 3 is 0.717 bits per heavy atom. The Balaban J connectivity index is 3.74. The number of carboxylic acids is 2. The van der Waals surface area contributed by atoms with Crippen LogP contribution in [0.5, 0.6) is 0 Å². The predicted octanol–water partition coefficient (Wildman–Crippen LogP) is 9.84. The molecule has 0 aliphatic carbocycles. The van der Waals surface area contributed by atoms with Gasteiger partial charge in [0, 0.05) is 12.8 Å². The van der Waals surface area contributed by atoms with Gasteiger partial charge in [0.15, 0.2) is 0 Å². The van der Waals surface area contributed by atoms with E-state index in [2.05, 4.69) is 0 Å². The molecule has 0 aliphatic heterocycles. The van der Waals surface area contributed by atoms with Gasteiger partial charge in [-0.3, -0.25) is 19.2 Å². The zero-order valence-corrected chi connectivity index (χ0v) is 29.5. The van der Waals surface area contributed by atoms with Crippen LogP contribution in [0.1, 0.15) is 205 Å². The molecule has 8 heteroatoms. The first-order valence-electron chi connectivity index (χ1n) is 19.3. The Morgan fingerprint density at radius 1 is 0.326 bits per heavy atom. The molecule has 2 amide bonds. The van der Waals surface area contributed by atoms with Crippen LogP contribution in [0, 0.1) is 11.8 Å². The first-order chi connectivity index (χ1) is 22.2. The predicted molar refractivity (Wildman–Crippen MR) is 188 cm³/mol. The van der Waals surface area contributed by atoms with Crippen LogP contribution in [0.2, 0.25) is 0 Å². The first kappa shape index (κ1) is 43.9. The SMILES string of the molecule is NC(=O)CCCCCCCCCCCCCCCC(CCC(CCCCCCCCCCCCCCCC(N)=O)C(=O)O)C(=O)O. The van der Waals surface area contributed by atoms with Gasteiger partial charge in [0.05, 0.1) is 11.8 Å². The number of primary amides is 2. The van der Waals surface area contributed by atoms with Crippen LogP contribution >= 0.6 is 0 Å². The van der Waals surface area contributed by atoms with Gasteiger partial charge in [0.25, 0.3) is 0 Å². The van der Waals surface area contributed by atoms with Crippen molar-refractivity contribution in [1.29, 1.82) is 0 Å². The van der Waals surface area contributed by atoms with Gasteiger partial charge < -0.3 is 21.7 Å². The van der Waals surface area contributed by atoms with Crippen molar-refractivity contribution < 1.29 is 29.4 Å². The summed E-state index contributed by atoms with van der Waals surface area (Å²) in [5, 5.41) is 19.4. The Kier molecular flexibility index (Phi) is 31.3. The van der Waals surface area contributed by atoms with Crippen LogP contribution in [0.25, 0.3) is 0 Å². The van der Waals surface area contributed by atoms with Gasteiger partial charge in [-0.25, -0.2) is 0 Å². The lowest BCUT2D eigenvalue weighted by Gasteiger charge is -2.16. The lowest BCUT2D eigenvalue weighted by molar-refractivity contribution is -0.145. The smallest absolute Gasteiger partial charge is 0.306 e. The molecule has 8 nitrogen and oxygen atoms in total. The molecular formula is C38H72N2O6. The van der Waals surface area contributed by atoms with Crippen molar-refractivity contribution in [2.24, 2.45) is 23.3 Å². The van der Waals surface area contributed by atoms with Crippen LogP contribution in [-0.4, -0.2) is 34.0 Å². The van der Waals surface area contributed by atoms with Crippen molar-refractivity contribution in [3.05, 3.63) is 0 Å². The van der Waals surface area contributed by atoms with Crippen molar-refractivity contribution in [3.8, 4) is 0 Å². The third kappa shape index (κ3) is 31.8. The summed E-state index contributed by atoms with van der Waals surface area (Å²) in [6.07, 6.45) is 33.4. The largest absolute Gasteiger partial charge is 0.481 e. The van der Waals surface area contributed by atoms with Crippen LogP contribution in [0.3, 0.4) is 0 Å². The molecular weight excluding hydrogens is 580 g/mol. The fourth-order valence-electron chi connectivity index (χ4n) is 6.45. The molecule has 46 heavy (non-hydrogen) atoms. The normalized spacial score (nSPS) is 12.6. The lowest BCUT2D eigenvalue weighted by atomic mass is 9.89. The second-order valence-corrected chi connectivity index (χ2v) is 13.9. The Hall–Kier alpha value is -2.12. The standard InChI is InChI=1S/C38H72N2O6/c39-35(41)29-25-21-17-13-9-5-1-3-7-11-15-19-23-27-33(37(43)44)31-32-34(38(45)46)28-24-20-16-12-8-4-2-6-10-14-18-22-26-30-36(40)42/h33-34H,1-32H2,(H2,39,41)(H2,40,42)(H,43,44)(H,45,46). The highest BCUT2D eigenvalue weighted by molar-refractivity contribution is 5.74. The van der Waals surface area contributed by atoms with Crippen LogP contribution in [-0.2, 0) is 19.2 Å². The minimum Gasteiger partial charge on any atom is -0.481 e. The number of carbonyl (C=O) groups excluding carboxylic acids is 2. The molecule has 0 aromatic carbocycles. The number of hydrogen-bond acceptors (Lipinski definition) is 4. The van der Waals surface area contributed by atoms with E-state index in [-0.39, 0.29) is 11.8 Å². The topological polar surface area (TPSA) is 161 Å². The maximum absolute atomic E-state index is 11.8. The third-order valence-electron chi connectivity index (χ3n) is 9.51. The number of nitrogens with two attached hydrogens (primary N) is 2. The molecule has 0 aliphatic rings. The highest BCUT2D eigenvalue weighted by Gasteiger charge is 2.22. The Bertz CT molecular complexity index is 697. The van der Waals surface area contributed by atoms with Gasteiger partial charge in [-0.1, -0.05) is 154 Å². The number of aliphatic carboxylic acids is 2. The molecule has 2 unspecified atom stereocenters. The maximum Gasteiger partial charge on any atom is 0.306 e. The van der Waals surface area contributed by atoms with Crippen molar-refractivity contribution in [2.75, 3.05) is 0 Å². The number of hydrogen-bond donors (Lipinski definition) is 4. The van der Waals surface area contributed by atoms with E-state index in [4.69, 9.17) is 11.5 Å². The third-order valence-corrected chi connectivity index (χ3v) is 9.51. The summed E-state index contributed by atoms with van der Waals surface area (Å²) in [4.78, 5) is 45.1. The van der Waals surface area contributed by atoms with Gasteiger partial charge in [-0.05, 0) is 38.5 Å². The quantitative estimate of drug-likeness (QED) is 0.0488. The van der Waals surface area contributed by atoms with E-state index in [1.807, 2.05) is 0 Å². The Morgan fingerprint density at radius 2 is 0.522 bits per heavy atom. The molecule has 0 saturated carbocycles. The van der Waals surface area contributed by atoms with Crippen molar-refractivity contribution in [1.82, 2.24) is 0 Å². The molecule has 0 spiro atoms. The fraction of sp³-hybridized carbons (Fsp3) is 0.895. The van der Waals surface area contributed by atoms with Gasteiger partial charge in [0.2, 0.25) is 11.8 Å². The highest BCUT2D eigenvalue weighted by atomic mass is 16.4. The number of unbranched alkanes of at least 4 members (excludes halogenated alkanes) is 24. The summed E-state index contributed by atoms with van der Waals surface area (Å²) in [5.41, 5.74) is 10.3. The summed E-state index contributed by atoms with van der Waals surface area (Å²) in [7, 11) is 0. The molecule has 0 saturated heterocycles. The summed E-state index contributed by atoms with van der Waals surface area (Å²) in [6.45, 7) is 0. The average molecular weight is 653 g/mol. The summed E-state index contributed by atoms with van der Waals surface area (Å²) in [5.74, 6) is -2.82. The van der Waals surface area contributed by atoms with E-state index in [1.165, 1.54) is 103 Å². The van der Waals surface area contributed by atoms with E-state index in [0.717, 1.165) is 64.2 Å². The molecule has 0 fully saturated rings. The average Bonchev–Trinajstić information content (AvgIpc) is 3.00. The number of carboxylic acid groups (broad SMARTS) is 2. The number of rotatable bonds is 37. The van der Waals surface area contributed by atoms with Crippen LogP contribution in [0.4, 0.5) is 0 Å². The second-order valence-electron chi connectivity index (χ2n) is 13.9. The van der Waals surface area contributed by atoms with E-state index >= 15 is 0 Å². The van der Waals surface area contributed by atoms with Crippen LogP contribution < -0.4 is 11.5 Å². The zero-order chi connectivity index (χ0) is 34.1. The molecule has 0 heterocycles. The maximum atomic E-state index is 11.8. The minimum absolute atomic E-state index is 0.199. The zero-order valence-electron chi connectivity index (χ0n) is 29.5. The lowest BCUT2D eigenvalue weighted by Crippen LogP contribution is -2.19. The molecule has 270 valence electrons. The van der Waals surface area contributed by atoms with Crippen molar-refractivity contribution >= 4 is 23.8 Å². The van der Waals surface area contributed by atoms with E-state index in [1.54, 1.807) is 0 Å². The molecule has 0 radical (unpaired) electrons. The fourth-order valence-corrected chi connectivity index (χ4v) is 6.45. The molecule has 0 bridgehead atoms. The van der Waals surface area contributed by atoms with Gasteiger partial charge in [0.1, 0.15) is 0 Å². The summed E-state index contributed by atoms with van der Waals surface area (Å²) < 4.78 is 0. The van der Waals surface area contributed by atoms with Gasteiger partial charge in [-0.2, -0.15) is 0 Å². The molecule has 0 aromatic heterocycles. The van der Waals surface area contributed by atoms with E-state index < -0.39 is 23.8 Å². The van der Waals surface area contributed by atoms with Gasteiger partial charge >= 0.3 is 11.9 Å². The van der Waals surface area contributed by atoms with E-state index in [9.17, 15) is 29.4 Å². The second kappa shape index (κ2) is 32.8. The molecule has 6 N–H and O–H groups in total. The first-order valence-corrected chi connectivity index (χ1v) is 19.3. The molecule has 2 atom stereocenters. The van der Waals surface area contributed by atoms with Gasteiger partial charge in [-0.15, -0.1) is 0 Å². The number of amides is 2. The van der Waals surface area contributed by atoms with Crippen LogP contribution in [0.15, 0.2) is 0 Å². The van der Waals surface area contributed by atoms with Crippen molar-refractivity contribution in [2.45, 2.75) is 205 Å². The van der Waals surface area contributed by atoms with E-state index in [0.29, 0.717) is 38.5 Å². The highest BCUT2D eigenvalue weighted by Crippen LogP contribution is 2.24.